The van der Waals surface area contributed by atoms with Gasteiger partial charge in [0.2, 0.25) is 11.0 Å². The Morgan fingerprint density at radius 2 is 2.18 bits per heavy atom. The standard InChI is InChI=1S/C14H15BrN4OS2/c1-3-8-16-13-18-19-14(22-13)21-9(2)12(20)17-11-6-4-10(15)5-7-11/h3-7,9H,1,8H2,2H3,(H,16,18)(H,17,20)/t9-/m0/s1. The molecule has 2 N–H and O–H groups in total. The van der Waals surface area contributed by atoms with Gasteiger partial charge in [-0.25, -0.2) is 0 Å². The van der Waals surface area contributed by atoms with E-state index in [-0.39, 0.29) is 11.2 Å². The first-order valence-electron chi connectivity index (χ1n) is 6.50. The first-order valence-corrected chi connectivity index (χ1v) is 8.98. The van der Waals surface area contributed by atoms with E-state index in [1.54, 1.807) is 6.08 Å². The number of carbonyl (C=O) groups excluding carboxylic acids is 1. The molecular weight excluding hydrogens is 384 g/mol. The van der Waals surface area contributed by atoms with Gasteiger partial charge in [0.1, 0.15) is 0 Å². The van der Waals surface area contributed by atoms with Gasteiger partial charge in [0.05, 0.1) is 5.25 Å². The third-order valence-corrected chi connectivity index (χ3v) is 5.16. The van der Waals surface area contributed by atoms with Gasteiger partial charge in [-0.15, -0.1) is 16.8 Å². The monoisotopic (exact) mass is 398 g/mol. The SMILES string of the molecule is C=CCNc1nnc(S[C@@H](C)C(=O)Nc2ccc(Br)cc2)s1. The Kier molecular flexibility index (Phi) is 6.41. The lowest BCUT2D eigenvalue weighted by molar-refractivity contribution is -0.115. The smallest absolute Gasteiger partial charge is 0.237 e. The lowest BCUT2D eigenvalue weighted by Crippen LogP contribution is -2.22. The third kappa shape index (κ3) is 5.11. The molecule has 0 saturated heterocycles. The maximum atomic E-state index is 12.2. The summed E-state index contributed by atoms with van der Waals surface area (Å²) in [6.45, 7) is 6.11. The minimum atomic E-state index is -0.260. The van der Waals surface area contributed by atoms with E-state index < -0.39 is 0 Å². The van der Waals surface area contributed by atoms with Crippen molar-refractivity contribution in [3.05, 3.63) is 41.4 Å². The van der Waals surface area contributed by atoms with E-state index in [4.69, 9.17) is 0 Å². The first kappa shape index (κ1) is 17.0. The number of halogens is 1. The van der Waals surface area contributed by atoms with Gasteiger partial charge in [0.25, 0.3) is 0 Å². The van der Waals surface area contributed by atoms with Crippen LogP contribution in [0.15, 0.2) is 45.7 Å². The number of hydrogen-bond donors (Lipinski definition) is 2. The Morgan fingerprint density at radius 1 is 1.45 bits per heavy atom. The predicted molar refractivity (Wildman–Crippen MR) is 96.7 cm³/mol. The summed E-state index contributed by atoms with van der Waals surface area (Å²) in [4.78, 5) is 12.2. The highest BCUT2D eigenvalue weighted by atomic mass is 79.9. The zero-order valence-corrected chi connectivity index (χ0v) is 15.1. The van der Waals surface area contributed by atoms with Crippen molar-refractivity contribution in [3.8, 4) is 0 Å². The molecule has 116 valence electrons. The summed E-state index contributed by atoms with van der Waals surface area (Å²) in [7, 11) is 0. The van der Waals surface area contributed by atoms with Crippen LogP contribution in [0.25, 0.3) is 0 Å². The summed E-state index contributed by atoms with van der Waals surface area (Å²) in [5.41, 5.74) is 0.770. The summed E-state index contributed by atoms with van der Waals surface area (Å²) in [5.74, 6) is -0.0666. The van der Waals surface area contributed by atoms with Crippen molar-refractivity contribution in [2.45, 2.75) is 16.5 Å². The van der Waals surface area contributed by atoms with E-state index >= 15 is 0 Å². The second-order valence-corrected chi connectivity index (χ2v) is 7.78. The van der Waals surface area contributed by atoms with Crippen molar-refractivity contribution in [1.29, 1.82) is 0 Å². The Balaban J connectivity index is 1.89. The van der Waals surface area contributed by atoms with Gasteiger partial charge in [0, 0.05) is 16.7 Å². The number of thioether (sulfide) groups is 1. The van der Waals surface area contributed by atoms with Crippen LogP contribution in [0.3, 0.4) is 0 Å². The summed E-state index contributed by atoms with van der Waals surface area (Å²) in [5, 5.41) is 14.5. The van der Waals surface area contributed by atoms with Crippen LogP contribution < -0.4 is 10.6 Å². The van der Waals surface area contributed by atoms with Crippen LogP contribution >= 0.6 is 39.0 Å². The zero-order valence-electron chi connectivity index (χ0n) is 11.9. The van der Waals surface area contributed by atoms with Crippen LogP contribution in [-0.2, 0) is 4.79 Å². The second-order valence-electron chi connectivity index (χ2n) is 4.30. The second kappa shape index (κ2) is 8.30. The molecule has 0 saturated carbocycles. The molecule has 1 atom stereocenters. The van der Waals surface area contributed by atoms with E-state index in [9.17, 15) is 4.79 Å². The summed E-state index contributed by atoms with van der Waals surface area (Å²) < 4.78 is 1.73. The third-order valence-electron chi connectivity index (χ3n) is 2.56. The molecule has 0 fully saturated rings. The fourth-order valence-electron chi connectivity index (χ4n) is 1.47. The molecule has 1 heterocycles. The van der Waals surface area contributed by atoms with Crippen molar-refractivity contribution < 1.29 is 4.79 Å². The maximum Gasteiger partial charge on any atom is 0.237 e. The van der Waals surface area contributed by atoms with Gasteiger partial charge in [-0.2, -0.15) is 0 Å². The molecular formula is C14H15BrN4OS2. The highest BCUT2D eigenvalue weighted by Crippen LogP contribution is 2.29. The summed E-state index contributed by atoms with van der Waals surface area (Å²) in [6, 6.07) is 7.47. The maximum absolute atomic E-state index is 12.2. The molecule has 5 nitrogen and oxygen atoms in total. The minimum Gasteiger partial charge on any atom is -0.357 e. The van der Waals surface area contributed by atoms with Gasteiger partial charge < -0.3 is 10.6 Å². The number of anilines is 2. The van der Waals surface area contributed by atoms with Crippen molar-refractivity contribution >= 4 is 55.8 Å². The van der Waals surface area contributed by atoms with Crippen LogP contribution in [0.4, 0.5) is 10.8 Å². The van der Waals surface area contributed by atoms with Crippen LogP contribution in [0.2, 0.25) is 0 Å². The van der Waals surface area contributed by atoms with E-state index in [0.29, 0.717) is 6.54 Å². The molecule has 0 spiro atoms. The van der Waals surface area contributed by atoms with Crippen LogP contribution in [0.5, 0.6) is 0 Å². The first-order chi connectivity index (χ1) is 10.6. The molecule has 2 rings (SSSR count). The molecule has 1 amide bonds. The van der Waals surface area contributed by atoms with Crippen molar-refractivity contribution in [3.63, 3.8) is 0 Å². The summed E-state index contributed by atoms with van der Waals surface area (Å²) >= 11 is 6.17. The number of nitrogens with one attached hydrogen (secondary N) is 2. The van der Waals surface area contributed by atoms with E-state index in [1.165, 1.54) is 23.1 Å². The highest BCUT2D eigenvalue weighted by Gasteiger charge is 2.17. The molecule has 2 aromatic rings. The fraction of sp³-hybridized carbons (Fsp3) is 0.214. The summed E-state index contributed by atoms with van der Waals surface area (Å²) in [6.07, 6.45) is 1.75. The molecule has 1 aromatic carbocycles. The number of carbonyl (C=O) groups is 1. The fourth-order valence-corrected chi connectivity index (χ4v) is 3.64. The van der Waals surface area contributed by atoms with Crippen molar-refractivity contribution in [2.24, 2.45) is 0 Å². The average molecular weight is 399 g/mol. The molecule has 0 aliphatic rings. The number of aromatic nitrogens is 2. The van der Waals surface area contributed by atoms with Crippen LogP contribution in [0, 0.1) is 0 Å². The molecule has 0 aliphatic carbocycles. The Morgan fingerprint density at radius 3 is 2.86 bits per heavy atom. The van der Waals surface area contributed by atoms with Gasteiger partial charge >= 0.3 is 0 Å². The number of rotatable bonds is 7. The number of amides is 1. The van der Waals surface area contributed by atoms with E-state index in [0.717, 1.165) is 19.6 Å². The lowest BCUT2D eigenvalue weighted by atomic mass is 10.3. The molecule has 22 heavy (non-hydrogen) atoms. The Labute approximate surface area is 145 Å². The normalized spacial score (nSPS) is 11.7. The Hall–Kier alpha value is -1.38. The van der Waals surface area contributed by atoms with Crippen molar-refractivity contribution in [2.75, 3.05) is 17.2 Å². The topological polar surface area (TPSA) is 66.9 Å². The largest absolute Gasteiger partial charge is 0.357 e. The van der Waals surface area contributed by atoms with Crippen LogP contribution in [-0.4, -0.2) is 27.9 Å². The molecule has 1 aromatic heterocycles. The average Bonchev–Trinajstić information content (AvgIpc) is 2.95. The van der Waals surface area contributed by atoms with E-state index in [2.05, 4.69) is 43.3 Å². The van der Waals surface area contributed by atoms with Gasteiger partial charge in [-0.1, -0.05) is 45.1 Å². The molecule has 0 bridgehead atoms. The molecule has 8 heteroatoms. The molecule has 0 aliphatic heterocycles. The lowest BCUT2D eigenvalue weighted by Gasteiger charge is -2.10. The van der Waals surface area contributed by atoms with Gasteiger partial charge in [-0.3, -0.25) is 4.79 Å². The zero-order chi connectivity index (χ0) is 15.9. The number of nitrogens with zero attached hydrogens (tertiary/aromatic N) is 2. The highest BCUT2D eigenvalue weighted by molar-refractivity contribution is 9.10. The minimum absolute atomic E-state index is 0.0666. The number of benzene rings is 1. The quantitative estimate of drug-likeness (QED) is 0.544. The molecule has 0 unspecified atom stereocenters. The van der Waals surface area contributed by atoms with Crippen LogP contribution in [0.1, 0.15) is 6.92 Å². The van der Waals surface area contributed by atoms with Crippen molar-refractivity contribution in [1.82, 2.24) is 10.2 Å². The number of hydrogen-bond acceptors (Lipinski definition) is 6. The predicted octanol–water partition coefficient (Wildman–Crippen LogP) is 4.02. The molecule has 0 radical (unpaired) electrons. The van der Waals surface area contributed by atoms with E-state index in [1.807, 2.05) is 31.2 Å². The Bertz CT molecular complexity index is 645. The van der Waals surface area contributed by atoms with Gasteiger partial charge in [0.15, 0.2) is 4.34 Å². The van der Waals surface area contributed by atoms with Gasteiger partial charge in [-0.05, 0) is 31.2 Å².